The molecule has 4 rings (SSSR count). The Bertz CT molecular complexity index is 735. The fourth-order valence-electron chi connectivity index (χ4n) is 3.80. The Morgan fingerprint density at radius 1 is 1.20 bits per heavy atom. The number of likely N-dealkylation sites (tertiary alicyclic amines) is 1. The van der Waals surface area contributed by atoms with Gasteiger partial charge in [0.25, 0.3) is 0 Å². The molecular weight excluding hydrogens is 318 g/mol. The van der Waals surface area contributed by atoms with E-state index in [9.17, 15) is 4.79 Å². The van der Waals surface area contributed by atoms with Crippen LogP contribution in [0.3, 0.4) is 0 Å². The van der Waals surface area contributed by atoms with Crippen LogP contribution >= 0.6 is 0 Å². The van der Waals surface area contributed by atoms with E-state index in [0.29, 0.717) is 31.3 Å². The Hall–Kier alpha value is -2.37. The molecule has 1 aromatic carbocycles. The molecule has 6 nitrogen and oxygen atoms in total. The Labute approximate surface area is 147 Å². The summed E-state index contributed by atoms with van der Waals surface area (Å²) in [6.45, 7) is 1.24. The molecule has 2 aromatic rings. The third-order valence-electron chi connectivity index (χ3n) is 5.27. The van der Waals surface area contributed by atoms with Crippen molar-refractivity contribution in [1.82, 2.24) is 15.0 Å². The molecule has 2 aliphatic rings. The van der Waals surface area contributed by atoms with Crippen molar-refractivity contribution in [1.29, 1.82) is 0 Å². The zero-order valence-corrected chi connectivity index (χ0v) is 14.5. The number of benzene rings is 1. The second-order valence-electron chi connectivity index (χ2n) is 7.00. The average Bonchev–Trinajstić information content (AvgIpc) is 3.36. The van der Waals surface area contributed by atoms with E-state index >= 15 is 0 Å². The molecular formula is C19H23N3O3. The van der Waals surface area contributed by atoms with E-state index in [1.807, 2.05) is 29.2 Å². The Morgan fingerprint density at radius 2 is 1.96 bits per heavy atom. The summed E-state index contributed by atoms with van der Waals surface area (Å²) in [4.78, 5) is 18.8. The highest BCUT2D eigenvalue weighted by molar-refractivity contribution is 5.79. The summed E-state index contributed by atoms with van der Waals surface area (Å²) in [6, 6.07) is 7.81. The largest absolute Gasteiger partial charge is 0.497 e. The van der Waals surface area contributed by atoms with Gasteiger partial charge in [0, 0.05) is 25.4 Å². The zero-order valence-electron chi connectivity index (χ0n) is 14.5. The van der Waals surface area contributed by atoms with Crippen LogP contribution in [0.15, 0.2) is 28.8 Å². The van der Waals surface area contributed by atoms with E-state index in [2.05, 4.69) is 10.1 Å². The predicted molar refractivity (Wildman–Crippen MR) is 91.3 cm³/mol. The maximum Gasteiger partial charge on any atom is 0.232 e. The minimum atomic E-state index is 0.00778. The van der Waals surface area contributed by atoms with Crippen LogP contribution in [-0.4, -0.2) is 34.6 Å². The lowest BCUT2D eigenvalue weighted by atomic mass is 10.1. The number of hydrogen-bond donors (Lipinski definition) is 0. The number of ether oxygens (including phenoxy) is 1. The summed E-state index contributed by atoms with van der Waals surface area (Å²) in [5, 5.41) is 4.17. The summed E-state index contributed by atoms with van der Waals surface area (Å²) >= 11 is 0. The SMILES string of the molecule is COc1ccc(CN2CC(c3nc(C4CCCC4)no3)CC2=O)cc1. The van der Waals surface area contributed by atoms with Crippen LogP contribution in [0.2, 0.25) is 0 Å². The van der Waals surface area contributed by atoms with E-state index in [0.717, 1.165) is 30.0 Å². The van der Waals surface area contributed by atoms with Gasteiger partial charge < -0.3 is 14.2 Å². The third kappa shape index (κ3) is 3.38. The molecule has 0 radical (unpaired) electrons. The smallest absolute Gasteiger partial charge is 0.232 e. The summed E-state index contributed by atoms with van der Waals surface area (Å²) in [6.07, 6.45) is 5.22. The van der Waals surface area contributed by atoms with E-state index in [-0.39, 0.29) is 11.8 Å². The summed E-state index contributed by atoms with van der Waals surface area (Å²) in [7, 11) is 1.65. The van der Waals surface area contributed by atoms with Gasteiger partial charge in [0.15, 0.2) is 5.82 Å². The minimum Gasteiger partial charge on any atom is -0.497 e. The molecule has 132 valence electrons. The first-order valence-corrected chi connectivity index (χ1v) is 8.97. The van der Waals surface area contributed by atoms with Crippen molar-refractivity contribution in [2.45, 2.75) is 50.5 Å². The van der Waals surface area contributed by atoms with Crippen LogP contribution in [0.4, 0.5) is 0 Å². The van der Waals surface area contributed by atoms with Crippen molar-refractivity contribution >= 4 is 5.91 Å². The highest BCUT2D eigenvalue weighted by atomic mass is 16.5. The van der Waals surface area contributed by atoms with Gasteiger partial charge in [-0.3, -0.25) is 4.79 Å². The quantitative estimate of drug-likeness (QED) is 0.835. The molecule has 0 spiro atoms. The van der Waals surface area contributed by atoms with Gasteiger partial charge in [-0.1, -0.05) is 30.1 Å². The lowest BCUT2D eigenvalue weighted by Gasteiger charge is -2.16. The second kappa shape index (κ2) is 6.86. The van der Waals surface area contributed by atoms with E-state index in [4.69, 9.17) is 9.26 Å². The molecule has 1 unspecified atom stereocenters. The first-order chi connectivity index (χ1) is 12.2. The molecule has 1 aliphatic heterocycles. The van der Waals surface area contributed by atoms with Gasteiger partial charge in [-0.05, 0) is 30.5 Å². The summed E-state index contributed by atoms with van der Waals surface area (Å²) in [5.41, 5.74) is 1.09. The molecule has 2 heterocycles. The number of methoxy groups -OCH3 is 1. The molecule has 1 saturated heterocycles. The zero-order chi connectivity index (χ0) is 17.2. The van der Waals surface area contributed by atoms with Crippen molar-refractivity contribution in [3.05, 3.63) is 41.5 Å². The predicted octanol–water partition coefficient (Wildman–Crippen LogP) is 3.25. The van der Waals surface area contributed by atoms with Crippen LogP contribution in [0.5, 0.6) is 5.75 Å². The highest BCUT2D eigenvalue weighted by Gasteiger charge is 2.35. The maximum atomic E-state index is 12.4. The number of amides is 1. The van der Waals surface area contributed by atoms with Crippen LogP contribution in [0.25, 0.3) is 0 Å². The highest BCUT2D eigenvalue weighted by Crippen LogP contribution is 2.34. The Balaban J connectivity index is 1.41. The standard InChI is InChI=1S/C19H23N3O3/c1-24-16-8-6-13(7-9-16)11-22-12-15(10-17(22)23)19-20-18(21-25-19)14-4-2-3-5-14/h6-9,14-15H,2-5,10-12H2,1H3. The summed E-state index contributed by atoms with van der Waals surface area (Å²) in [5.74, 6) is 2.85. The lowest BCUT2D eigenvalue weighted by molar-refractivity contribution is -0.128. The number of carbonyl (C=O) groups is 1. The van der Waals surface area contributed by atoms with Crippen LogP contribution in [0, 0.1) is 0 Å². The van der Waals surface area contributed by atoms with E-state index in [1.54, 1.807) is 7.11 Å². The average molecular weight is 341 g/mol. The first-order valence-electron chi connectivity index (χ1n) is 8.97. The third-order valence-corrected chi connectivity index (χ3v) is 5.27. The van der Waals surface area contributed by atoms with Crippen molar-refractivity contribution in [3.8, 4) is 5.75 Å². The van der Waals surface area contributed by atoms with Gasteiger partial charge in [0.1, 0.15) is 5.75 Å². The first kappa shape index (κ1) is 16.1. The molecule has 1 aliphatic carbocycles. The molecule has 2 fully saturated rings. The van der Waals surface area contributed by atoms with Gasteiger partial charge in [-0.15, -0.1) is 0 Å². The Kier molecular flexibility index (Phi) is 4.42. The topological polar surface area (TPSA) is 68.5 Å². The number of hydrogen-bond acceptors (Lipinski definition) is 5. The number of carbonyl (C=O) groups excluding carboxylic acids is 1. The van der Waals surface area contributed by atoms with Crippen molar-refractivity contribution in [3.63, 3.8) is 0 Å². The lowest BCUT2D eigenvalue weighted by Crippen LogP contribution is -2.24. The minimum absolute atomic E-state index is 0.00778. The number of aromatic nitrogens is 2. The van der Waals surface area contributed by atoms with Gasteiger partial charge in [0.05, 0.1) is 13.0 Å². The van der Waals surface area contributed by atoms with Gasteiger partial charge in [-0.25, -0.2) is 0 Å². The Morgan fingerprint density at radius 3 is 2.68 bits per heavy atom. The second-order valence-corrected chi connectivity index (χ2v) is 7.00. The summed E-state index contributed by atoms with van der Waals surface area (Å²) < 4.78 is 10.7. The van der Waals surface area contributed by atoms with Gasteiger partial charge in [0.2, 0.25) is 11.8 Å². The molecule has 1 aromatic heterocycles. The molecule has 1 atom stereocenters. The molecule has 0 N–H and O–H groups in total. The molecule has 0 bridgehead atoms. The van der Waals surface area contributed by atoms with Gasteiger partial charge in [-0.2, -0.15) is 4.98 Å². The van der Waals surface area contributed by atoms with E-state index in [1.165, 1.54) is 12.8 Å². The van der Waals surface area contributed by atoms with Crippen molar-refractivity contribution < 1.29 is 14.1 Å². The maximum absolute atomic E-state index is 12.4. The molecule has 6 heteroatoms. The fourth-order valence-corrected chi connectivity index (χ4v) is 3.80. The molecule has 1 saturated carbocycles. The normalized spacial score (nSPS) is 21.2. The van der Waals surface area contributed by atoms with Crippen molar-refractivity contribution in [2.24, 2.45) is 0 Å². The molecule has 25 heavy (non-hydrogen) atoms. The van der Waals surface area contributed by atoms with E-state index < -0.39 is 0 Å². The van der Waals surface area contributed by atoms with Crippen LogP contribution < -0.4 is 4.74 Å². The monoisotopic (exact) mass is 341 g/mol. The van der Waals surface area contributed by atoms with Crippen molar-refractivity contribution in [2.75, 3.05) is 13.7 Å². The van der Waals surface area contributed by atoms with Crippen LogP contribution in [-0.2, 0) is 11.3 Å². The fraction of sp³-hybridized carbons (Fsp3) is 0.526. The van der Waals surface area contributed by atoms with Gasteiger partial charge >= 0.3 is 0 Å². The number of rotatable bonds is 5. The van der Waals surface area contributed by atoms with Crippen LogP contribution in [0.1, 0.15) is 61.2 Å². The molecule has 1 amide bonds. The number of nitrogens with zero attached hydrogens (tertiary/aromatic N) is 3.